The lowest BCUT2D eigenvalue weighted by atomic mass is 9.95. The number of anilines is 1. The van der Waals surface area contributed by atoms with Crippen LogP contribution in [-0.4, -0.2) is 16.4 Å². The minimum absolute atomic E-state index is 0.807. The molecule has 0 amide bonds. The molecule has 2 aliphatic heterocycles. The Labute approximate surface area is 101 Å². The van der Waals surface area contributed by atoms with E-state index in [9.17, 15) is 0 Å². The number of thioether (sulfide) groups is 1. The zero-order valence-electron chi connectivity index (χ0n) is 9.54. The minimum Gasteiger partial charge on any atom is -0.383 e. The smallest absolute Gasteiger partial charge is 0.0993 e. The SMILES string of the molecule is c1c2c(c3n1C1CCCCC1S3)NCCC2. The molecule has 0 bridgehead atoms. The van der Waals surface area contributed by atoms with E-state index < -0.39 is 0 Å². The van der Waals surface area contributed by atoms with Crippen LogP contribution < -0.4 is 5.32 Å². The standard InChI is InChI=1S/C13H18N2S/c1-2-6-11-10(5-1)15-8-9-4-3-7-14-12(9)13(15)16-11/h8,10-11,14H,1-7H2. The summed E-state index contributed by atoms with van der Waals surface area (Å²) in [5.74, 6) is 0. The van der Waals surface area contributed by atoms with E-state index in [1.807, 2.05) is 0 Å². The molecule has 1 saturated carbocycles. The lowest BCUT2D eigenvalue weighted by molar-refractivity contribution is 0.367. The molecule has 2 atom stereocenters. The third-order valence-electron chi connectivity index (χ3n) is 4.28. The Balaban J connectivity index is 1.78. The number of rotatable bonds is 0. The Morgan fingerprint density at radius 2 is 2.19 bits per heavy atom. The van der Waals surface area contributed by atoms with E-state index in [4.69, 9.17) is 0 Å². The van der Waals surface area contributed by atoms with Gasteiger partial charge in [0.25, 0.3) is 0 Å². The fraction of sp³-hybridized carbons (Fsp3) is 0.692. The second-order valence-electron chi connectivity index (χ2n) is 5.28. The van der Waals surface area contributed by atoms with Gasteiger partial charge in [0.2, 0.25) is 0 Å². The van der Waals surface area contributed by atoms with Crippen molar-refractivity contribution in [1.82, 2.24) is 4.57 Å². The number of nitrogens with one attached hydrogen (secondary N) is 1. The average Bonchev–Trinajstić information content (AvgIpc) is 2.85. The number of nitrogens with zero attached hydrogens (tertiary/aromatic N) is 1. The van der Waals surface area contributed by atoms with Gasteiger partial charge < -0.3 is 9.88 Å². The van der Waals surface area contributed by atoms with Crippen molar-refractivity contribution in [3.05, 3.63) is 11.8 Å². The molecule has 1 N–H and O–H groups in total. The predicted molar refractivity (Wildman–Crippen MR) is 68.4 cm³/mol. The van der Waals surface area contributed by atoms with Gasteiger partial charge in [0.15, 0.2) is 0 Å². The van der Waals surface area contributed by atoms with Crippen molar-refractivity contribution in [2.75, 3.05) is 11.9 Å². The van der Waals surface area contributed by atoms with Crippen molar-refractivity contribution in [2.24, 2.45) is 0 Å². The van der Waals surface area contributed by atoms with Crippen molar-refractivity contribution < 1.29 is 0 Å². The molecule has 86 valence electrons. The Morgan fingerprint density at radius 1 is 1.25 bits per heavy atom. The van der Waals surface area contributed by atoms with E-state index in [0.29, 0.717) is 0 Å². The van der Waals surface area contributed by atoms with Gasteiger partial charge in [0.1, 0.15) is 0 Å². The Morgan fingerprint density at radius 3 is 3.19 bits per heavy atom. The van der Waals surface area contributed by atoms with Crippen LogP contribution in [0.15, 0.2) is 11.2 Å². The predicted octanol–water partition coefficient (Wildman–Crippen LogP) is 3.44. The van der Waals surface area contributed by atoms with Crippen molar-refractivity contribution in [3.63, 3.8) is 0 Å². The van der Waals surface area contributed by atoms with Crippen LogP contribution >= 0.6 is 11.8 Å². The highest BCUT2D eigenvalue weighted by Crippen LogP contribution is 2.52. The molecule has 1 aromatic rings. The highest BCUT2D eigenvalue weighted by molar-refractivity contribution is 8.00. The van der Waals surface area contributed by atoms with Gasteiger partial charge in [-0.05, 0) is 31.2 Å². The molecule has 3 heteroatoms. The van der Waals surface area contributed by atoms with Gasteiger partial charge in [-0.1, -0.05) is 12.8 Å². The third-order valence-corrected chi connectivity index (χ3v) is 5.77. The first-order valence-corrected chi connectivity index (χ1v) is 7.46. The monoisotopic (exact) mass is 234 g/mol. The maximum absolute atomic E-state index is 3.61. The molecule has 16 heavy (non-hydrogen) atoms. The highest BCUT2D eigenvalue weighted by Gasteiger charge is 2.37. The van der Waals surface area contributed by atoms with Crippen LogP contribution in [0.1, 0.15) is 43.7 Å². The fourth-order valence-corrected chi connectivity index (χ4v) is 5.10. The van der Waals surface area contributed by atoms with E-state index in [2.05, 4.69) is 27.8 Å². The van der Waals surface area contributed by atoms with Crippen molar-refractivity contribution in [3.8, 4) is 0 Å². The van der Waals surface area contributed by atoms with E-state index >= 15 is 0 Å². The highest BCUT2D eigenvalue weighted by atomic mass is 32.2. The Bertz CT molecular complexity index is 424. The third kappa shape index (κ3) is 1.21. The summed E-state index contributed by atoms with van der Waals surface area (Å²) in [6.45, 7) is 1.17. The first-order valence-electron chi connectivity index (χ1n) is 6.58. The van der Waals surface area contributed by atoms with Gasteiger partial charge in [-0.3, -0.25) is 0 Å². The lowest BCUT2D eigenvalue weighted by Gasteiger charge is -2.25. The molecule has 2 unspecified atom stereocenters. The van der Waals surface area contributed by atoms with Gasteiger partial charge >= 0.3 is 0 Å². The molecule has 0 aromatic carbocycles. The zero-order chi connectivity index (χ0) is 10.5. The van der Waals surface area contributed by atoms with Crippen LogP contribution in [0.2, 0.25) is 0 Å². The molecule has 2 nitrogen and oxygen atoms in total. The molecule has 3 aliphatic rings. The number of hydrogen-bond donors (Lipinski definition) is 1. The maximum atomic E-state index is 3.61. The topological polar surface area (TPSA) is 17.0 Å². The molecule has 1 aliphatic carbocycles. The maximum Gasteiger partial charge on any atom is 0.0993 e. The summed E-state index contributed by atoms with van der Waals surface area (Å²) in [4.78, 5) is 0. The Kier molecular flexibility index (Phi) is 2.05. The molecule has 1 fully saturated rings. The summed E-state index contributed by atoms with van der Waals surface area (Å²) in [5.41, 5.74) is 3.04. The van der Waals surface area contributed by atoms with E-state index in [1.165, 1.54) is 50.8 Å². The Hall–Kier alpha value is -0.570. The lowest BCUT2D eigenvalue weighted by Crippen LogP contribution is -2.19. The molecule has 3 heterocycles. The second-order valence-corrected chi connectivity index (χ2v) is 6.51. The van der Waals surface area contributed by atoms with E-state index in [0.717, 1.165) is 11.3 Å². The van der Waals surface area contributed by atoms with Crippen LogP contribution in [0.3, 0.4) is 0 Å². The fourth-order valence-electron chi connectivity index (χ4n) is 3.47. The van der Waals surface area contributed by atoms with Crippen LogP contribution in [-0.2, 0) is 6.42 Å². The summed E-state index contributed by atoms with van der Waals surface area (Å²) in [5, 5.41) is 6.03. The first-order chi connectivity index (χ1) is 7.93. The van der Waals surface area contributed by atoms with E-state index in [-0.39, 0.29) is 0 Å². The number of aryl methyl sites for hydroxylation is 1. The normalized spacial score (nSPS) is 31.5. The van der Waals surface area contributed by atoms with Crippen molar-refractivity contribution in [2.45, 2.75) is 54.8 Å². The van der Waals surface area contributed by atoms with Crippen LogP contribution in [0.5, 0.6) is 0 Å². The average molecular weight is 234 g/mol. The molecule has 0 radical (unpaired) electrons. The molecule has 0 saturated heterocycles. The number of hydrogen-bond acceptors (Lipinski definition) is 2. The zero-order valence-corrected chi connectivity index (χ0v) is 10.4. The first kappa shape index (κ1) is 9.46. The van der Waals surface area contributed by atoms with Crippen LogP contribution in [0.4, 0.5) is 5.69 Å². The molecule has 1 aromatic heterocycles. The summed E-state index contributed by atoms with van der Waals surface area (Å²) < 4.78 is 2.59. The minimum atomic E-state index is 0.807. The molecular formula is C13H18N2S. The number of aromatic nitrogens is 1. The second kappa shape index (κ2) is 3.46. The summed E-state index contributed by atoms with van der Waals surface area (Å²) >= 11 is 2.14. The molecule has 4 rings (SSSR count). The number of fused-ring (bicyclic) bond motifs is 5. The quantitative estimate of drug-likeness (QED) is 0.740. The van der Waals surface area contributed by atoms with Gasteiger partial charge in [-0.25, -0.2) is 0 Å². The van der Waals surface area contributed by atoms with Gasteiger partial charge in [-0.15, -0.1) is 11.8 Å². The molecular weight excluding hydrogens is 216 g/mol. The summed E-state index contributed by atoms with van der Waals surface area (Å²) in [6, 6.07) is 0.807. The largest absolute Gasteiger partial charge is 0.383 e. The summed E-state index contributed by atoms with van der Waals surface area (Å²) in [6.07, 6.45) is 10.7. The molecule has 0 spiro atoms. The van der Waals surface area contributed by atoms with Crippen LogP contribution in [0, 0.1) is 0 Å². The van der Waals surface area contributed by atoms with Gasteiger partial charge in [0, 0.05) is 24.0 Å². The summed E-state index contributed by atoms with van der Waals surface area (Å²) in [7, 11) is 0. The van der Waals surface area contributed by atoms with Crippen LogP contribution in [0.25, 0.3) is 0 Å². The van der Waals surface area contributed by atoms with E-state index in [1.54, 1.807) is 10.6 Å². The van der Waals surface area contributed by atoms with Gasteiger partial charge in [-0.2, -0.15) is 0 Å². The van der Waals surface area contributed by atoms with Crippen molar-refractivity contribution >= 4 is 17.4 Å². The van der Waals surface area contributed by atoms with Crippen molar-refractivity contribution in [1.29, 1.82) is 0 Å². The van der Waals surface area contributed by atoms with Gasteiger partial charge in [0.05, 0.1) is 10.7 Å².